The number of hydrogen-bond donors (Lipinski definition) is 2. The Morgan fingerprint density at radius 2 is 2.00 bits per heavy atom. The summed E-state index contributed by atoms with van der Waals surface area (Å²) in [5, 5.41) is 6.60. The summed E-state index contributed by atoms with van der Waals surface area (Å²) in [6.07, 6.45) is 2.28. The number of piperidine rings is 1. The van der Waals surface area contributed by atoms with Crippen molar-refractivity contribution in [2.75, 3.05) is 46.4 Å². The van der Waals surface area contributed by atoms with Gasteiger partial charge >= 0.3 is 6.61 Å². The molecule has 28 heavy (non-hydrogen) atoms. The number of nitrogens with one attached hydrogen (secondary N) is 2. The van der Waals surface area contributed by atoms with E-state index in [4.69, 9.17) is 4.74 Å². The Morgan fingerprint density at radius 3 is 2.68 bits per heavy atom. The standard InChI is InChI=1S/C20H32F2N4O2/c1-3-23-20(24-14-16-8-10-26(11-9-16)12-13-27-2)25-15-17-6-4-5-7-18(17)28-19(21)22/h4-7,16,19H,3,8-15H2,1-2H3,(H2,23,24,25). The van der Waals surface area contributed by atoms with E-state index < -0.39 is 6.61 Å². The zero-order chi connectivity index (χ0) is 20.2. The number of nitrogens with zero attached hydrogens (tertiary/aromatic N) is 2. The van der Waals surface area contributed by atoms with Crippen LogP contribution in [0.15, 0.2) is 29.3 Å². The van der Waals surface area contributed by atoms with Gasteiger partial charge < -0.3 is 25.0 Å². The Bertz CT molecular complexity index is 593. The van der Waals surface area contributed by atoms with Crippen molar-refractivity contribution in [3.8, 4) is 5.75 Å². The second kappa shape index (κ2) is 12.5. The zero-order valence-electron chi connectivity index (χ0n) is 16.8. The van der Waals surface area contributed by atoms with E-state index in [1.807, 2.05) is 6.92 Å². The van der Waals surface area contributed by atoms with Crippen LogP contribution < -0.4 is 15.4 Å². The van der Waals surface area contributed by atoms with Crippen LogP contribution in [0.25, 0.3) is 0 Å². The number of benzene rings is 1. The SMILES string of the molecule is CCNC(=NCc1ccccc1OC(F)F)NCC1CCN(CCOC)CC1. The number of guanidine groups is 1. The predicted molar refractivity (Wildman–Crippen MR) is 107 cm³/mol. The highest BCUT2D eigenvalue weighted by molar-refractivity contribution is 5.79. The van der Waals surface area contributed by atoms with Crippen molar-refractivity contribution in [3.05, 3.63) is 29.8 Å². The molecule has 1 heterocycles. The van der Waals surface area contributed by atoms with E-state index in [1.54, 1.807) is 25.3 Å². The first kappa shape index (κ1) is 22.4. The number of likely N-dealkylation sites (tertiary alicyclic amines) is 1. The number of rotatable bonds is 10. The van der Waals surface area contributed by atoms with Crippen molar-refractivity contribution in [2.24, 2.45) is 10.9 Å². The van der Waals surface area contributed by atoms with Gasteiger partial charge in [0.25, 0.3) is 0 Å². The molecule has 0 radical (unpaired) electrons. The van der Waals surface area contributed by atoms with Crippen LogP contribution >= 0.6 is 0 Å². The molecule has 0 atom stereocenters. The number of halogens is 2. The number of hydrogen-bond acceptors (Lipinski definition) is 4. The van der Waals surface area contributed by atoms with Gasteiger partial charge in [0.05, 0.1) is 13.2 Å². The molecule has 1 aromatic carbocycles. The van der Waals surface area contributed by atoms with Crippen LogP contribution in [0, 0.1) is 5.92 Å². The van der Waals surface area contributed by atoms with E-state index in [0.29, 0.717) is 17.4 Å². The molecule has 1 aliphatic rings. The lowest BCUT2D eigenvalue weighted by atomic mass is 9.97. The van der Waals surface area contributed by atoms with E-state index in [0.717, 1.165) is 52.2 Å². The van der Waals surface area contributed by atoms with Gasteiger partial charge in [0.1, 0.15) is 5.75 Å². The van der Waals surface area contributed by atoms with Crippen molar-refractivity contribution in [3.63, 3.8) is 0 Å². The molecule has 0 amide bonds. The maximum Gasteiger partial charge on any atom is 0.387 e. The topological polar surface area (TPSA) is 58.1 Å². The maximum absolute atomic E-state index is 12.5. The fraction of sp³-hybridized carbons (Fsp3) is 0.650. The summed E-state index contributed by atoms with van der Waals surface area (Å²) in [6, 6.07) is 6.75. The summed E-state index contributed by atoms with van der Waals surface area (Å²) in [5.74, 6) is 1.45. The lowest BCUT2D eigenvalue weighted by Crippen LogP contribution is -2.43. The van der Waals surface area contributed by atoms with Crippen LogP contribution in [0.2, 0.25) is 0 Å². The van der Waals surface area contributed by atoms with E-state index in [-0.39, 0.29) is 12.3 Å². The van der Waals surface area contributed by atoms with Crippen LogP contribution in [-0.2, 0) is 11.3 Å². The smallest absolute Gasteiger partial charge is 0.387 e. The molecule has 0 unspecified atom stereocenters. The first-order valence-corrected chi connectivity index (χ1v) is 9.88. The molecule has 0 aliphatic carbocycles. The molecule has 1 aromatic rings. The van der Waals surface area contributed by atoms with E-state index in [9.17, 15) is 8.78 Å². The van der Waals surface area contributed by atoms with Gasteiger partial charge in [-0.15, -0.1) is 0 Å². The highest BCUT2D eigenvalue weighted by atomic mass is 19.3. The average Bonchev–Trinajstić information content (AvgIpc) is 2.70. The number of para-hydroxylation sites is 1. The Kier molecular flexibility index (Phi) is 9.99. The molecule has 158 valence electrons. The lowest BCUT2D eigenvalue weighted by molar-refractivity contribution is -0.0504. The molecule has 2 N–H and O–H groups in total. The Labute approximate surface area is 166 Å². The van der Waals surface area contributed by atoms with Crippen molar-refractivity contribution in [1.82, 2.24) is 15.5 Å². The molecule has 1 saturated heterocycles. The minimum atomic E-state index is -2.84. The first-order chi connectivity index (χ1) is 13.6. The van der Waals surface area contributed by atoms with Gasteiger partial charge in [-0.25, -0.2) is 4.99 Å². The molecule has 1 fully saturated rings. The normalized spacial score (nSPS) is 16.4. The molecular formula is C20H32F2N4O2. The van der Waals surface area contributed by atoms with E-state index >= 15 is 0 Å². The second-order valence-electron chi connectivity index (χ2n) is 6.84. The lowest BCUT2D eigenvalue weighted by Gasteiger charge is -2.32. The molecule has 6 nitrogen and oxygen atoms in total. The average molecular weight is 398 g/mol. The van der Waals surface area contributed by atoms with Crippen LogP contribution in [0.1, 0.15) is 25.3 Å². The number of methoxy groups -OCH3 is 1. The molecule has 0 spiro atoms. The molecule has 8 heteroatoms. The van der Waals surface area contributed by atoms with E-state index in [2.05, 4.69) is 25.3 Å². The third kappa shape index (κ3) is 7.98. The van der Waals surface area contributed by atoms with Crippen LogP contribution in [0.3, 0.4) is 0 Å². The largest absolute Gasteiger partial charge is 0.434 e. The van der Waals surface area contributed by atoms with Crippen LogP contribution in [-0.4, -0.2) is 63.9 Å². The van der Waals surface area contributed by atoms with E-state index in [1.165, 1.54) is 6.07 Å². The van der Waals surface area contributed by atoms with Gasteiger partial charge in [0.2, 0.25) is 0 Å². The van der Waals surface area contributed by atoms with Gasteiger partial charge in [-0.05, 0) is 44.8 Å². The Balaban J connectivity index is 1.85. The molecule has 2 rings (SSSR count). The van der Waals surface area contributed by atoms with Gasteiger partial charge in [-0.2, -0.15) is 8.78 Å². The van der Waals surface area contributed by atoms with Gasteiger partial charge in [-0.3, -0.25) is 0 Å². The summed E-state index contributed by atoms with van der Waals surface area (Å²) in [4.78, 5) is 6.96. The second-order valence-corrected chi connectivity index (χ2v) is 6.84. The number of ether oxygens (including phenoxy) is 2. The van der Waals surface area contributed by atoms with Gasteiger partial charge in [0.15, 0.2) is 5.96 Å². The summed E-state index contributed by atoms with van der Waals surface area (Å²) in [7, 11) is 1.73. The quantitative estimate of drug-likeness (QED) is 0.469. The van der Waals surface area contributed by atoms with Crippen molar-refractivity contribution >= 4 is 5.96 Å². The fourth-order valence-electron chi connectivity index (χ4n) is 3.23. The minimum absolute atomic E-state index is 0.167. The fourth-order valence-corrected chi connectivity index (χ4v) is 3.23. The third-order valence-electron chi connectivity index (χ3n) is 4.82. The van der Waals surface area contributed by atoms with Crippen LogP contribution in [0.5, 0.6) is 5.75 Å². The number of alkyl halides is 2. The van der Waals surface area contributed by atoms with Crippen molar-refractivity contribution in [1.29, 1.82) is 0 Å². The molecule has 0 saturated carbocycles. The van der Waals surface area contributed by atoms with Crippen molar-refractivity contribution < 1.29 is 18.3 Å². The summed E-state index contributed by atoms with van der Waals surface area (Å²) >= 11 is 0. The van der Waals surface area contributed by atoms with Crippen molar-refractivity contribution in [2.45, 2.75) is 32.9 Å². The highest BCUT2D eigenvalue weighted by Gasteiger charge is 2.19. The van der Waals surface area contributed by atoms with Gasteiger partial charge in [-0.1, -0.05) is 18.2 Å². The monoisotopic (exact) mass is 398 g/mol. The minimum Gasteiger partial charge on any atom is -0.434 e. The zero-order valence-corrected chi connectivity index (χ0v) is 16.8. The Morgan fingerprint density at radius 1 is 1.25 bits per heavy atom. The first-order valence-electron chi connectivity index (χ1n) is 9.88. The van der Waals surface area contributed by atoms with Gasteiger partial charge in [0, 0.05) is 32.3 Å². The molecular weight excluding hydrogens is 366 g/mol. The predicted octanol–water partition coefficient (Wildman–Crippen LogP) is 2.70. The number of aliphatic imine (C=N–C) groups is 1. The molecule has 1 aliphatic heterocycles. The Hall–Kier alpha value is -1.93. The summed E-state index contributed by atoms with van der Waals surface area (Å²) in [5.41, 5.74) is 0.631. The molecule has 0 aromatic heterocycles. The summed E-state index contributed by atoms with van der Waals surface area (Å²) in [6.45, 7) is 4.94. The summed E-state index contributed by atoms with van der Waals surface area (Å²) < 4.78 is 34.8. The molecule has 0 bridgehead atoms. The van der Waals surface area contributed by atoms with Crippen LogP contribution in [0.4, 0.5) is 8.78 Å². The maximum atomic E-state index is 12.5. The highest BCUT2D eigenvalue weighted by Crippen LogP contribution is 2.21. The third-order valence-corrected chi connectivity index (χ3v) is 4.82.